The fourth-order valence-electron chi connectivity index (χ4n) is 3.44. The van der Waals surface area contributed by atoms with Crippen LogP contribution >= 0.6 is 12.4 Å². The van der Waals surface area contributed by atoms with Gasteiger partial charge in [0.25, 0.3) is 0 Å². The number of hydrogen-bond donors (Lipinski definition) is 1. The Bertz CT molecular complexity index is 581. The number of piperidine rings is 1. The van der Waals surface area contributed by atoms with Gasteiger partial charge in [-0.05, 0) is 37.1 Å². The van der Waals surface area contributed by atoms with Crippen LogP contribution in [0.15, 0.2) is 60.7 Å². The molecule has 136 valence electrons. The van der Waals surface area contributed by atoms with Crippen LogP contribution in [-0.2, 0) is 10.3 Å². The second-order valence-electron chi connectivity index (χ2n) is 6.56. The van der Waals surface area contributed by atoms with E-state index in [1.54, 1.807) is 0 Å². The monoisotopic (exact) mass is 361 g/mol. The third kappa shape index (κ3) is 4.83. The molecule has 1 saturated heterocycles. The van der Waals surface area contributed by atoms with E-state index >= 15 is 0 Å². The van der Waals surface area contributed by atoms with Crippen molar-refractivity contribution in [2.45, 2.75) is 31.5 Å². The number of halogens is 1. The van der Waals surface area contributed by atoms with Crippen LogP contribution in [0.1, 0.15) is 30.9 Å². The molecule has 3 nitrogen and oxygen atoms in total. The highest BCUT2D eigenvalue weighted by Gasteiger charge is 2.33. The van der Waals surface area contributed by atoms with Crippen molar-refractivity contribution in [3.63, 3.8) is 0 Å². The zero-order valence-corrected chi connectivity index (χ0v) is 15.6. The highest BCUT2D eigenvalue weighted by Crippen LogP contribution is 2.31. The Kier molecular flexibility index (Phi) is 7.45. The molecule has 3 rings (SSSR count). The molecule has 0 aromatic heterocycles. The Morgan fingerprint density at radius 1 is 1.04 bits per heavy atom. The van der Waals surface area contributed by atoms with Crippen LogP contribution in [0.5, 0.6) is 0 Å². The Balaban J connectivity index is 0.00000225. The zero-order chi connectivity index (χ0) is 16.8. The molecule has 0 radical (unpaired) electrons. The van der Waals surface area contributed by atoms with Crippen LogP contribution < -0.4 is 0 Å². The molecule has 1 aliphatic rings. The SMILES string of the molecule is CCN1CCCC(OCC(O)(c2ccccc2)c2ccccc2)C1.Cl. The van der Waals surface area contributed by atoms with Crippen LogP contribution in [-0.4, -0.2) is 42.4 Å². The predicted octanol–water partition coefficient (Wildman–Crippen LogP) is 3.85. The quantitative estimate of drug-likeness (QED) is 0.848. The highest BCUT2D eigenvalue weighted by molar-refractivity contribution is 5.85. The standard InChI is InChI=1S/C21H27NO2.ClH/c1-2-22-15-9-14-20(16-22)24-17-21(23,18-10-5-3-6-11-18)19-12-7-4-8-13-19;/h3-8,10-13,20,23H,2,9,14-17H2,1H3;1H. The molecule has 2 aromatic carbocycles. The average molecular weight is 362 g/mol. The van der Waals surface area contributed by atoms with Crippen molar-refractivity contribution in [2.24, 2.45) is 0 Å². The van der Waals surface area contributed by atoms with Crippen molar-refractivity contribution >= 4 is 12.4 Å². The summed E-state index contributed by atoms with van der Waals surface area (Å²) >= 11 is 0. The van der Waals surface area contributed by atoms with Crippen LogP contribution in [0.4, 0.5) is 0 Å². The molecule has 1 aliphatic heterocycles. The topological polar surface area (TPSA) is 32.7 Å². The number of ether oxygens (including phenoxy) is 1. The lowest BCUT2D eigenvalue weighted by atomic mass is 9.87. The molecule has 1 atom stereocenters. The summed E-state index contributed by atoms with van der Waals surface area (Å²) in [6, 6.07) is 19.7. The second kappa shape index (κ2) is 9.35. The Morgan fingerprint density at radius 2 is 1.60 bits per heavy atom. The molecule has 1 N–H and O–H groups in total. The van der Waals surface area contributed by atoms with Crippen LogP contribution in [0.3, 0.4) is 0 Å². The van der Waals surface area contributed by atoms with E-state index in [2.05, 4.69) is 11.8 Å². The van der Waals surface area contributed by atoms with Gasteiger partial charge in [-0.1, -0.05) is 67.6 Å². The van der Waals surface area contributed by atoms with E-state index in [0.717, 1.165) is 43.6 Å². The summed E-state index contributed by atoms with van der Waals surface area (Å²) in [5.41, 5.74) is 0.635. The molecule has 4 heteroatoms. The number of benzene rings is 2. The van der Waals surface area contributed by atoms with Gasteiger partial charge in [0.15, 0.2) is 0 Å². The third-order valence-electron chi connectivity index (χ3n) is 4.94. The molecular weight excluding hydrogens is 334 g/mol. The van der Waals surface area contributed by atoms with Crippen molar-refractivity contribution in [1.82, 2.24) is 4.90 Å². The summed E-state index contributed by atoms with van der Waals surface area (Å²) < 4.78 is 6.20. The molecule has 0 amide bonds. The van der Waals surface area contributed by atoms with E-state index in [-0.39, 0.29) is 25.1 Å². The van der Waals surface area contributed by atoms with Gasteiger partial charge in [-0.15, -0.1) is 12.4 Å². The van der Waals surface area contributed by atoms with Gasteiger partial charge in [0, 0.05) is 6.54 Å². The number of rotatable bonds is 6. The highest BCUT2D eigenvalue weighted by atomic mass is 35.5. The second-order valence-corrected chi connectivity index (χ2v) is 6.56. The minimum atomic E-state index is -1.11. The number of likely N-dealkylation sites (tertiary alicyclic amines) is 1. The third-order valence-corrected chi connectivity index (χ3v) is 4.94. The van der Waals surface area contributed by atoms with E-state index in [1.165, 1.54) is 0 Å². The number of likely N-dealkylation sites (N-methyl/N-ethyl adjacent to an activating group) is 1. The van der Waals surface area contributed by atoms with Gasteiger partial charge in [0.1, 0.15) is 5.60 Å². The average Bonchev–Trinajstić information content (AvgIpc) is 2.67. The van der Waals surface area contributed by atoms with Crippen molar-refractivity contribution < 1.29 is 9.84 Å². The van der Waals surface area contributed by atoms with Gasteiger partial charge in [-0.2, -0.15) is 0 Å². The predicted molar refractivity (Wildman–Crippen MR) is 104 cm³/mol. The van der Waals surface area contributed by atoms with Gasteiger partial charge in [-0.25, -0.2) is 0 Å². The maximum absolute atomic E-state index is 11.5. The molecule has 0 spiro atoms. The van der Waals surface area contributed by atoms with Gasteiger partial charge in [0.2, 0.25) is 0 Å². The van der Waals surface area contributed by atoms with Crippen molar-refractivity contribution in [3.05, 3.63) is 71.8 Å². The fourth-order valence-corrected chi connectivity index (χ4v) is 3.44. The molecule has 0 saturated carbocycles. The maximum atomic E-state index is 11.5. The fraction of sp³-hybridized carbons (Fsp3) is 0.429. The first-order valence-corrected chi connectivity index (χ1v) is 8.90. The summed E-state index contributed by atoms with van der Waals surface area (Å²) in [4.78, 5) is 2.41. The number of hydrogen-bond acceptors (Lipinski definition) is 3. The van der Waals surface area contributed by atoms with E-state index in [0.29, 0.717) is 0 Å². The summed E-state index contributed by atoms with van der Waals surface area (Å²) in [5.74, 6) is 0. The van der Waals surface area contributed by atoms with E-state index in [1.807, 2.05) is 60.7 Å². The summed E-state index contributed by atoms with van der Waals surface area (Å²) in [5, 5.41) is 11.5. The minimum Gasteiger partial charge on any atom is -0.378 e. The molecule has 1 fully saturated rings. The summed E-state index contributed by atoms with van der Waals surface area (Å²) in [6.45, 7) is 5.63. The minimum absolute atomic E-state index is 0. The van der Waals surface area contributed by atoms with Crippen molar-refractivity contribution in [1.29, 1.82) is 0 Å². The molecule has 1 heterocycles. The number of nitrogens with zero attached hydrogens (tertiary/aromatic N) is 1. The van der Waals surface area contributed by atoms with E-state index in [4.69, 9.17) is 4.74 Å². The lowest BCUT2D eigenvalue weighted by molar-refractivity contribution is -0.0732. The summed E-state index contributed by atoms with van der Waals surface area (Å²) in [7, 11) is 0. The molecule has 2 aromatic rings. The van der Waals surface area contributed by atoms with Gasteiger partial charge in [0.05, 0.1) is 12.7 Å². The Labute approximate surface area is 157 Å². The molecule has 1 unspecified atom stereocenters. The van der Waals surface area contributed by atoms with Crippen molar-refractivity contribution in [3.8, 4) is 0 Å². The normalized spacial score (nSPS) is 18.6. The van der Waals surface area contributed by atoms with Gasteiger partial charge in [-0.3, -0.25) is 0 Å². The van der Waals surface area contributed by atoms with E-state index < -0.39 is 5.60 Å². The first kappa shape index (κ1) is 19.9. The summed E-state index contributed by atoms with van der Waals surface area (Å²) in [6.07, 6.45) is 2.42. The molecule has 0 bridgehead atoms. The molecular formula is C21H28ClNO2. The first-order chi connectivity index (χ1) is 11.7. The number of aliphatic hydroxyl groups is 1. The largest absolute Gasteiger partial charge is 0.378 e. The Hall–Kier alpha value is -1.39. The van der Waals surface area contributed by atoms with Gasteiger partial charge < -0.3 is 14.7 Å². The molecule has 25 heavy (non-hydrogen) atoms. The van der Waals surface area contributed by atoms with E-state index in [9.17, 15) is 5.11 Å². The lowest BCUT2D eigenvalue weighted by Crippen LogP contribution is -2.42. The zero-order valence-electron chi connectivity index (χ0n) is 14.8. The first-order valence-electron chi connectivity index (χ1n) is 8.90. The maximum Gasteiger partial charge on any atom is 0.138 e. The lowest BCUT2D eigenvalue weighted by Gasteiger charge is -2.35. The van der Waals surface area contributed by atoms with Gasteiger partial charge >= 0.3 is 0 Å². The smallest absolute Gasteiger partial charge is 0.138 e. The van der Waals surface area contributed by atoms with Crippen LogP contribution in [0.25, 0.3) is 0 Å². The Morgan fingerprint density at radius 3 is 2.12 bits per heavy atom. The van der Waals surface area contributed by atoms with Crippen LogP contribution in [0.2, 0.25) is 0 Å². The van der Waals surface area contributed by atoms with Crippen LogP contribution in [0, 0.1) is 0 Å². The van der Waals surface area contributed by atoms with Crippen molar-refractivity contribution in [2.75, 3.05) is 26.2 Å². The molecule has 0 aliphatic carbocycles.